The van der Waals surface area contributed by atoms with E-state index in [0.717, 1.165) is 0 Å². The molecule has 0 saturated carbocycles. The van der Waals surface area contributed by atoms with Crippen LogP contribution in [0.4, 0.5) is 0 Å². The fourth-order valence-electron chi connectivity index (χ4n) is 1.74. The molecule has 0 bridgehead atoms. The van der Waals surface area contributed by atoms with Crippen LogP contribution in [0.2, 0.25) is 5.02 Å². The largest absolute Gasteiger partial charge is 0.451 e. The van der Waals surface area contributed by atoms with Gasteiger partial charge in [-0.05, 0) is 19.1 Å². The summed E-state index contributed by atoms with van der Waals surface area (Å²) in [6.07, 6.45) is -0.860. The summed E-state index contributed by atoms with van der Waals surface area (Å²) in [6, 6.07) is 15.3. The van der Waals surface area contributed by atoms with E-state index < -0.39 is 12.1 Å². The first-order chi connectivity index (χ1) is 9.59. The number of hydrogen-bond donors (Lipinski definition) is 0. The number of benzene rings is 2. The van der Waals surface area contributed by atoms with Crippen LogP contribution in [-0.4, -0.2) is 17.9 Å². The van der Waals surface area contributed by atoms with Crippen molar-refractivity contribution in [2.45, 2.75) is 13.0 Å². The summed E-state index contributed by atoms with van der Waals surface area (Å²) < 4.78 is 5.16. The van der Waals surface area contributed by atoms with E-state index in [1.807, 2.05) is 6.07 Å². The molecule has 1 unspecified atom stereocenters. The molecular weight excluding hydrogens is 276 g/mol. The Morgan fingerprint density at radius 2 is 1.60 bits per heavy atom. The van der Waals surface area contributed by atoms with Gasteiger partial charge < -0.3 is 4.74 Å². The van der Waals surface area contributed by atoms with Gasteiger partial charge in [0.15, 0.2) is 6.10 Å². The van der Waals surface area contributed by atoms with Gasteiger partial charge in [0.2, 0.25) is 5.78 Å². The molecule has 0 aliphatic rings. The summed E-state index contributed by atoms with van der Waals surface area (Å²) in [7, 11) is 0. The monoisotopic (exact) mass is 288 g/mol. The highest BCUT2D eigenvalue weighted by molar-refractivity contribution is 6.33. The fourth-order valence-corrected chi connectivity index (χ4v) is 1.95. The molecule has 2 rings (SSSR count). The van der Waals surface area contributed by atoms with Crippen LogP contribution in [0.3, 0.4) is 0 Å². The van der Waals surface area contributed by atoms with E-state index in [4.69, 9.17) is 16.3 Å². The molecule has 20 heavy (non-hydrogen) atoms. The Bertz CT molecular complexity index is 623. The van der Waals surface area contributed by atoms with Gasteiger partial charge in [-0.1, -0.05) is 54.1 Å². The van der Waals surface area contributed by atoms with Crippen molar-refractivity contribution in [3.05, 3.63) is 70.7 Å². The molecule has 0 aliphatic carbocycles. The Kier molecular flexibility index (Phi) is 4.53. The molecule has 0 aliphatic heterocycles. The summed E-state index contributed by atoms with van der Waals surface area (Å²) in [5, 5.41) is 0.303. The molecule has 0 radical (unpaired) electrons. The highest BCUT2D eigenvalue weighted by atomic mass is 35.5. The lowest BCUT2D eigenvalue weighted by Crippen LogP contribution is -2.24. The number of halogens is 1. The van der Waals surface area contributed by atoms with Crippen molar-refractivity contribution in [3.8, 4) is 0 Å². The van der Waals surface area contributed by atoms with Gasteiger partial charge in [-0.15, -0.1) is 0 Å². The second-order valence-electron chi connectivity index (χ2n) is 4.26. The van der Waals surface area contributed by atoms with Gasteiger partial charge in [-0.2, -0.15) is 0 Å². The molecule has 0 fully saturated rings. The Balaban J connectivity index is 2.09. The van der Waals surface area contributed by atoms with E-state index in [0.29, 0.717) is 10.6 Å². The van der Waals surface area contributed by atoms with Gasteiger partial charge in [0.25, 0.3) is 0 Å². The summed E-state index contributed by atoms with van der Waals surface area (Å²) in [6.45, 7) is 1.55. The molecule has 2 aromatic carbocycles. The number of hydrogen-bond acceptors (Lipinski definition) is 3. The van der Waals surface area contributed by atoms with Crippen molar-refractivity contribution in [2.24, 2.45) is 0 Å². The minimum atomic E-state index is -0.860. The predicted molar refractivity (Wildman–Crippen MR) is 77.1 cm³/mol. The zero-order valence-corrected chi connectivity index (χ0v) is 11.6. The Labute approximate surface area is 122 Å². The number of carbonyl (C=O) groups is 2. The van der Waals surface area contributed by atoms with Gasteiger partial charge in [0, 0.05) is 5.56 Å². The third-order valence-electron chi connectivity index (χ3n) is 2.81. The average Bonchev–Trinajstić information content (AvgIpc) is 2.47. The number of esters is 1. The normalized spacial score (nSPS) is 11.7. The first-order valence-corrected chi connectivity index (χ1v) is 6.52. The lowest BCUT2D eigenvalue weighted by Gasteiger charge is -2.12. The summed E-state index contributed by atoms with van der Waals surface area (Å²) in [5.74, 6) is -0.849. The van der Waals surface area contributed by atoms with Crippen LogP contribution in [-0.2, 0) is 4.74 Å². The Morgan fingerprint density at radius 1 is 1.00 bits per heavy atom. The molecule has 102 valence electrons. The molecule has 0 amide bonds. The quantitative estimate of drug-likeness (QED) is 0.635. The highest BCUT2D eigenvalue weighted by Gasteiger charge is 2.21. The maximum atomic E-state index is 12.1. The molecule has 0 saturated heterocycles. The minimum Gasteiger partial charge on any atom is -0.451 e. The number of ether oxygens (including phenoxy) is 1. The lowest BCUT2D eigenvalue weighted by atomic mass is 10.1. The van der Waals surface area contributed by atoms with Gasteiger partial charge in [0.1, 0.15) is 0 Å². The lowest BCUT2D eigenvalue weighted by molar-refractivity contribution is 0.0319. The zero-order valence-electron chi connectivity index (χ0n) is 10.9. The second-order valence-corrected chi connectivity index (χ2v) is 4.66. The zero-order chi connectivity index (χ0) is 14.5. The van der Waals surface area contributed by atoms with E-state index in [1.165, 1.54) is 0 Å². The van der Waals surface area contributed by atoms with Crippen LogP contribution in [0.25, 0.3) is 0 Å². The maximum absolute atomic E-state index is 12.1. The molecule has 0 N–H and O–H groups in total. The fraction of sp³-hybridized carbons (Fsp3) is 0.125. The molecule has 3 nitrogen and oxygen atoms in total. The molecule has 0 heterocycles. The number of rotatable bonds is 4. The summed E-state index contributed by atoms with van der Waals surface area (Å²) >= 11 is 5.91. The van der Waals surface area contributed by atoms with Crippen LogP contribution in [0, 0.1) is 0 Å². The standard InChI is InChI=1S/C16H13ClO3/c1-11(15(18)12-7-3-2-4-8-12)20-16(19)13-9-5-6-10-14(13)17/h2-11H,1H3. The van der Waals surface area contributed by atoms with Crippen LogP contribution < -0.4 is 0 Å². The smallest absolute Gasteiger partial charge is 0.340 e. The van der Waals surface area contributed by atoms with Crippen LogP contribution in [0.5, 0.6) is 0 Å². The highest BCUT2D eigenvalue weighted by Crippen LogP contribution is 2.17. The number of carbonyl (C=O) groups excluding carboxylic acids is 2. The third kappa shape index (κ3) is 3.25. The number of ketones is 1. The number of Topliss-reactive ketones (excluding diaryl/α,β-unsaturated/α-hetero) is 1. The summed E-state index contributed by atoms with van der Waals surface area (Å²) in [5.41, 5.74) is 0.758. The Morgan fingerprint density at radius 3 is 2.25 bits per heavy atom. The van der Waals surface area contributed by atoms with Crippen molar-refractivity contribution in [2.75, 3.05) is 0 Å². The molecule has 0 aromatic heterocycles. The minimum absolute atomic E-state index is 0.244. The molecular formula is C16H13ClO3. The van der Waals surface area contributed by atoms with E-state index in [2.05, 4.69) is 0 Å². The SMILES string of the molecule is CC(OC(=O)c1ccccc1Cl)C(=O)c1ccccc1. The van der Waals surface area contributed by atoms with Crippen LogP contribution >= 0.6 is 11.6 Å². The summed E-state index contributed by atoms with van der Waals surface area (Å²) in [4.78, 5) is 24.0. The van der Waals surface area contributed by atoms with Crippen LogP contribution in [0.1, 0.15) is 27.6 Å². The molecule has 4 heteroatoms. The van der Waals surface area contributed by atoms with Crippen molar-refractivity contribution in [1.82, 2.24) is 0 Å². The maximum Gasteiger partial charge on any atom is 0.340 e. The first kappa shape index (κ1) is 14.3. The van der Waals surface area contributed by atoms with Crippen LogP contribution in [0.15, 0.2) is 54.6 Å². The second kappa shape index (κ2) is 6.35. The predicted octanol–water partition coefficient (Wildman–Crippen LogP) is 3.77. The van der Waals surface area contributed by atoms with Crippen molar-refractivity contribution in [3.63, 3.8) is 0 Å². The molecule has 2 aromatic rings. The van der Waals surface area contributed by atoms with Gasteiger partial charge in [0.05, 0.1) is 10.6 Å². The van der Waals surface area contributed by atoms with E-state index in [9.17, 15) is 9.59 Å². The van der Waals surface area contributed by atoms with Gasteiger partial charge in [-0.3, -0.25) is 4.79 Å². The first-order valence-electron chi connectivity index (χ1n) is 6.14. The third-order valence-corrected chi connectivity index (χ3v) is 3.13. The molecule has 1 atom stereocenters. The van der Waals surface area contributed by atoms with Crippen molar-refractivity contribution >= 4 is 23.4 Å². The van der Waals surface area contributed by atoms with Crippen molar-refractivity contribution < 1.29 is 14.3 Å². The van der Waals surface area contributed by atoms with E-state index in [1.54, 1.807) is 55.5 Å². The van der Waals surface area contributed by atoms with Gasteiger partial charge in [-0.25, -0.2) is 4.79 Å². The Hall–Kier alpha value is -2.13. The van der Waals surface area contributed by atoms with Crippen molar-refractivity contribution in [1.29, 1.82) is 0 Å². The van der Waals surface area contributed by atoms with Gasteiger partial charge >= 0.3 is 5.97 Å². The van der Waals surface area contributed by atoms with E-state index >= 15 is 0 Å². The average molecular weight is 289 g/mol. The topological polar surface area (TPSA) is 43.4 Å². The van der Waals surface area contributed by atoms with E-state index in [-0.39, 0.29) is 11.3 Å². The molecule has 0 spiro atoms.